The SMILES string of the molecule is Cc1ccc(C(O)CCCS(C)(=O)=O)nc1. The van der Waals surface area contributed by atoms with Crippen molar-refractivity contribution in [1.29, 1.82) is 0 Å². The summed E-state index contributed by atoms with van der Waals surface area (Å²) in [5, 5.41) is 9.75. The number of aryl methyl sites for hydroxylation is 1. The molecule has 1 aromatic rings. The van der Waals surface area contributed by atoms with E-state index in [4.69, 9.17) is 0 Å². The summed E-state index contributed by atoms with van der Waals surface area (Å²) in [4.78, 5) is 4.09. The molecule has 1 aromatic heterocycles. The van der Waals surface area contributed by atoms with Gasteiger partial charge in [-0.1, -0.05) is 6.07 Å². The highest BCUT2D eigenvalue weighted by Gasteiger charge is 2.10. The van der Waals surface area contributed by atoms with Crippen molar-refractivity contribution in [2.45, 2.75) is 25.9 Å². The number of aliphatic hydroxyl groups is 1. The van der Waals surface area contributed by atoms with Crippen LogP contribution in [0.1, 0.15) is 30.2 Å². The van der Waals surface area contributed by atoms with Crippen LogP contribution in [0.2, 0.25) is 0 Å². The summed E-state index contributed by atoms with van der Waals surface area (Å²) in [6, 6.07) is 3.64. The average molecular weight is 243 g/mol. The Balaban J connectivity index is 2.47. The first-order valence-corrected chi connectivity index (χ1v) is 7.23. The van der Waals surface area contributed by atoms with Crippen LogP contribution < -0.4 is 0 Å². The third-order valence-electron chi connectivity index (χ3n) is 2.27. The second-order valence-electron chi connectivity index (χ2n) is 4.05. The minimum Gasteiger partial charge on any atom is -0.387 e. The summed E-state index contributed by atoms with van der Waals surface area (Å²) in [6.45, 7) is 1.92. The van der Waals surface area contributed by atoms with Gasteiger partial charge >= 0.3 is 0 Å². The molecule has 0 saturated heterocycles. The Morgan fingerprint density at radius 3 is 2.62 bits per heavy atom. The maximum atomic E-state index is 10.9. The van der Waals surface area contributed by atoms with Crippen molar-refractivity contribution in [3.05, 3.63) is 29.6 Å². The third kappa shape index (κ3) is 4.72. The summed E-state index contributed by atoms with van der Waals surface area (Å²) in [6.07, 6.45) is 3.08. The second-order valence-corrected chi connectivity index (χ2v) is 6.31. The van der Waals surface area contributed by atoms with Crippen LogP contribution in [0.5, 0.6) is 0 Å². The lowest BCUT2D eigenvalue weighted by atomic mass is 10.1. The fourth-order valence-corrected chi connectivity index (χ4v) is 2.05. The second kappa shape index (κ2) is 5.41. The van der Waals surface area contributed by atoms with Crippen molar-refractivity contribution in [2.75, 3.05) is 12.0 Å². The Labute approximate surface area is 96.3 Å². The number of sulfone groups is 1. The molecule has 5 heteroatoms. The normalized spacial score (nSPS) is 13.7. The molecule has 90 valence electrons. The van der Waals surface area contributed by atoms with Gasteiger partial charge in [0.05, 0.1) is 11.8 Å². The first-order chi connectivity index (χ1) is 7.38. The van der Waals surface area contributed by atoms with Gasteiger partial charge in [0.25, 0.3) is 0 Å². The number of aliphatic hydroxyl groups excluding tert-OH is 1. The van der Waals surface area contributed by atoms with Gasteiger partial charge in [-0.05, 0) is 31.4 Å². The number of hydrogen-bond acceptors (Lipinski definition) is 4. The maximum absolute atomic E-state index is 10.9. The molecule has 1 heterocycles. The predicted octanol–water partition coefficient (Wildman–Crippen LogP) is 1.25. The van der Waals surface area contributed by atoms with Gasteiger partial charge in [-0.15, -0.1) is 0 Å². The number of aromatic nitrogens is 1. The third-order valence-corrected chi connectivity index (χ3v) is 3.30. The van der Waals surface area contributed by atoms with Crippen LogP contribution in [0.15, 0.2) is 18.3 Å². The zero-order chi connectivity index (χ0) is 12.2. The Hall–Kier alpha value is -0.940. The van der Waals surface area contributed by atoms with Crippen LogP contribution in [-0.2, 0) is 9.84 Å². The highest BCUT2D eigenvalue weighted by Crippen LogP contribution is 2.16. The zero-order valence-corrected chi connectivity index (χ0v) is 10.4. The summed E-state index contributed by atoms with van der Waals surface area (Å²) < 4.78 is 21.8. The first-order valence-electron chi connectivity index (χ1n) is 5.17. The molecule has 0 spiro atoms. The van der Waals surface area contributed by atoms with E-state index in [0.717, 1.165) is 5.56 Å². The lowest BCUT2D eigenvalue weighted by Gasteiger charge is -2.09. The van der Waals surface area contributed by atoms with E-state index in [-0.39, 0.29) is 5.75 Å². The molecule has 0 aliphatic rings. The van der Waals surface area contributed by atoms with E-state index >= 15 is 0 Å². The van der Waals surface area contributed by atoms with E-state index < -0.39 is 15.9 Å². The van der Waals surface area contributed by atoms with E-state index in [1.807, 2.05) is 13.0 Å². The highest BCUT2D eigenvalue weighted by atomic mass is 32.2. The lowest BCUT2D eigenvalue weighted by molar-refractivity contribution is 0.162. The zero-order valence-electron chi connectivity index (χ0n) is 9.55. The monoisotopic (exact) mass is 243 g/mol. The van der Waals surface area contributed by atoms with E-state index in [1.165, 1.54) is 6.26 Å². The molecule has 1 N–H and O–H groups in total. The Kier molecular flexibility index (Phi) is 4.44. The average Bonchev–Trinajstić information content (AvgIpc) is 2.16. The first kappa shape index (κ1) is 13.1. The Morgan fingerprint density at radius 2 is 2.12 bits per heavy atom. The van der Waals surface area contributed by atoms with Gasteiger partial charge in [0, 0.05) is 18.2 Å². The molecular weight excluding hydrogens is 226 g/mol. The molecule has 0 radical (unpaired) electrons. The van der Waals surface area contributed by atoms with Gasteiger partial charge in [0.1, 0.15) is 9.84 Å². The van der Waals surface area contributed by atoms with Crippen LogP contribution in [0, 0.1) is 6.92 Å². The standard InChI is InChI=1S/C11H17NO3S/c1-9-5-6-10(12-8-9)11(13)4-3-7-16(2,14)15/h5-6,8,11,13H,3-4,7H2,1-2H3. The number of pyridine rings is 1. The smallest absolute Gasteiger partial charge is 0.147 e. The number of hydrogen-bond donors (Lipinski definition) is 1. The van der Waals surface area contributed by atoms with Crippen molar-refractivity contribution in [2.24, 2.45) is 0 Å². The molecule has 1 rings (SSSR count). The van der Waals surface area contributed by atoms with Gasteiger partial charge in [-0.3, -0.25) is 4.98 Å². The van der Waals surface area contributed by atoms with Gasteiger partial charge in [0.2, 0.25) is 0 Å². The molecule has 0 aromatic carbocycles. The van der Waals surface area contributed by atoms with Crippen molar-refractivity contribution in [3.8, 4) is 0 Å². The quantitative estimate of drug-likeness (QED) is 0.845. The van der Waals surface area contributed by atoms with Gasteiger partial charge < -0.3 is 5.11 Å². The molecule has 16 heavy (non-hydrogen) atoms. The molecule has 0 bridgehead atoms. The number of rotatable bonds is 5. The highest BCUT2D eigenvalue weighted by molar-refractivity contribution is 7.90. The van der Waals surface area contributed by atoms with Crippen LogP contribution in [-0.4, -0.2) is 30.5 Å². The van der Waals surface area contributed by atoms with Crippen molar-refractivity contribution in [1.82, 2.24) is 4.98 Å². The van der Waals surface area contributed by atoms with Crippen LogP contribution in [0.25, 0.3) is 0 Å². The molecule has 4 nitrogen and oxygen atoms in total. The van der Waals surface area contributed by atoms with E-state index in [2.05, 4.69) is 4.98 Å². The summed E-state index contributed by atoms with van der Waals surface area (Å²) in [5.74, 6) is 0.107. The molecular formula is C11H17NO3S. The van der Waals surface area contributed by atoms with Crippen molar-refractivity contribution < 1.29 is 13.5 Å². The minimum atomic E-state index is -2.94. The Bertz CT molecular complexity index is 425. The fraction of sp³-hybridized carbons (Fsp3) is 0.545. The van der Waals surface area contributed by atoms with Crippen molar-refractivity contribution >= 4 is 9.84 Å². The fourth-order valence-electron chi connectivity index (χ4n) is 1.36. The van der Waals surface area contributed by atoms with E-state index in [1.54, 1.807) is 12.3 Å². The van der Waals surface area contributed by atoms with Crippen LogP contribution in [0.3, 0.4) is 0 Å². The largest absolute Gasteiger partial charge is 0.387 e. The molecule has 0 aliphatic heterocycles. The van der Waals surface area contributed by atoms with Crippen LogP contribution in [0.4, 0.5) is 0 Å². The summed E-state index contributed by atoms with van der Waals surface area (Å²) in [7, 11) is -2.94. The van der Waals surface area contributed by atoms with Crippen molar-refractivity contribution in [3.63, 3.8) is 0 Å². The molecule has 0 amide bonds. The summed E-state index contributed by atoms with van der Waals surface area (Å²) in [5.41, 5.74) is 1.63. The predicted molar refractivity (Wildman–Crippen MR) is 62.9 cm³/mol. The summed E-state index contributed by atoms with van der Waals surface area (Å²) >= 11 is 0. The van der Waals surface area contributed by atoms with Gasteiger partial charge in [0.15, 0.2) is 0 Å². The molecule has 1 unspecified atom stereocenters. The number of nitrogens with zero attached hydrogens (tertiary/aromatic N) is 1. The van der Waals surface area contributed by atoms with Crippen LogP contribution >= 0.6 is 0 Å². The molecule has 0 saturated carbocycles. The molecule has 1 atom stereocenters. The lowest BCUT2D eigenvalue weighted by Crippen LogP contribution is -2.06. The maximum Gasteiger partial charge on any atom is 0.147 e. The van der Waals surface area contributed by atoms with Gasteiger partial charge in [-0.25, -0.2) is 8.42 Å². The Morgan fingerprint density at radius 1 is 1.44 bits per heavy atom. The molecule has 0 fully saturated rings. The topological polar surface area (TPSA) is 67.3 Å². The minimum absolute atomic E-state index is 0.107. The van der Waals surface area contributed by atoms with E-state index in [0.29, 0.717) is 18.5 Å². The van der Waals surface area contributed by atoms with E-state index in [9.17, 15) is 13.5 Å². The molecule has 0 aliphatic carbocycles. The van der Waals surface area contributed by atoms with Gasteiger partial charge in [-0.2, -0.15) is 0 Å².